The monoisotopic (exact) mass is 401 g/mol. The molecule has 3 rings (SSSR count). The minimum Gasteiger partial charge on any atom is -0.494 e. The third-order valence-corrected chi connectivity index (χ3v) is 5.29. The van der Waals surface area contributed by atoms with Gasteiger partial charge in [-0.25, -0.2) is 9.38 Å². The first kappa shape index (κ1) is 19.9. The number of amidine groups is 1. The first-order valence-electron chi connectivity index (χ1n) is 8.77. The van der Waals surface area contributed by atoms with Crippen LogP contribution in [0.2, 0.25) is 0 Å². The Bertz CT molecular complexity index is 885. The number of nitrogens with zero attached hydrogens (tertiary/aromatic N) is 2. The van der Waals surface area contributed by atoms with Crippen molar-refractivity contribution in [2.75, 3.05) is 19.0 Å². The molecule has 1 unspecified atom stereocenters. The Hall–Kier alpha value is -2.87. The van der Waals surface area contributed by atoms with E-state index in [2.05, 4.69) is 10.3 Å². The summed E-state index contributed by atoms with van der Waals surface area (Å²) in [6.07, 6.45) is 0.0660. The maximum Gasteiger partial charge on any atom is 0.238 e. The summed E-state index contributed by atoms with van der Waals surface area (Å²) in [5.74, 6) is -0.157. The average Bonchev–Trinajstić information content (AvgIpc) is 2.68. The van der Waals surface area contributed by atoms with Crippen LogP contribution in [-0.4, -0.2) is 40.8 Å². The van der Waals surface area contributed by atoms with Crippen LogP contribution in [0.15, 0.2) is 53.5 Å². The number of carbonyl (C=O) groups is 2. The highest BCUT2D eigenvalue weighted by molar-refractivity contribution is 8.15. The van der Waals surface area contributed by atoms with E-state index < -0.39 is 5.25 Å². The lowest BCUT2D eigenvalue weighted by Gasteiger charge is -2.28. The van der Waals surface area contributed by atoms with Gasteiger partial charge in [0.2, 0.25) is 11.8 Å². The first-order valence-corrected chi connectivity index (χ1v) is 9.65. The van der Waals surface area contributed by atoms with E-state index in [4.69, 9.17) is 4.74 Å². The lowest BCUT2D eigenvalue weighted by atomic mass is 10.2. The van der Waals surface area contributed by atoms with E-state index in [1.165, 1.54) is 40.9 Å². The minimum atomic E-state index is -0.616. The number of hydrogen-bond acceptors (Lipinski definition) is 5. The Morgan fingerprint density at radius 1 is 1.25 bits per heavy atom. The maximum absolute atomic E-state index is 13.0. The molecule has 2 amide bonds. The molecule has 2 aromatic rings. The van der Waals surface area contributed by atoms with Crippen molar-refractivity contribution in [1.29, 1.82) is 0 Å². The summed E-state index contributed by atoms with van der Waals surface area (Å²) in [5, 5.41) is 2.54. The van der Waals surface area contributed by atoms with Crippen molar-refractivity contribution >= 4 is 40.1 Å². The highest BCUT2D eigenvalue weighted by Crippen LogP contribution is 2.29. The summed E-state index contributed by atoms with van der Waals surface area (Å²) in [7, 11) is 1.64. The zero-order valence-electron chi connectivity index (χ0n) is 15.5. The second-order valence-corrected chi connectivity index (χ2v) is 7.25. The molecule has 0 radical (unpaired) electrons. The number of ether oxygens (including phenoxy) is 1. The van der Waals surface area contributed by atoms with Crippen LogP contribution in [0, 0.1) is 5.82 Å². The Balaban J connectivity index is 1.73. The van der Waals surface area contributed by atoms with Crippen LogP contribution in [0.5, 0.6) is 5.75 Å². The second kappa shape index (κ2) is 8.88. The summed E-state index contributed by atoms with van der Waals surface area (Å²) >= 11 is 1.22. The van der Waals surface area contributed by atoms with E-state index >= 15 is 0 Å². The summed E-state index contributed by atoms with van der Waals surface area (Å²) in [6, 6.07) is 12.7. The number of benzene rings is 2. The molecular formula is C20H20FN3O3S. The molecule has 1 atom stereocenters. The van der Waals surface area contributed by atoms with Gasteiger partial charge in [-0.05, 0) is 55.5 Å². The van der Waals surface area contributed by atoms with Crippen LogP contribution in [0.1, 0.15) is 13.3 Å². The van der Waals surface area contributed by atoms with Crippen molar-refractivity contribution in [1.82, 2.24) is 4.90 Å². The number of rotatable bonds is 5. The molecule has 2 aromatic carbocycles. The number of halogens is 1. The minimum absolute atomic E-state index is 0.0660. The van der Waals surface area contributed by atoms with E-state index in [-0.39, 0.29) is 24.1 Å². The second-order valence-electron chi connectivity index (χ2n) is 6.08. The topological polar surface area (TPSA) is 71.0 Å². The van der Waals surface area contributed by atoms with E-state index in [1.807, 2.05) is 6.92 Å². The van der Waals surface area contributed by atoms with Gasteiger partial charge in [0.15, 0.2) is 5.17 Å². The Labute approximate surface area is 166 Å². The largest absolute Gasteiger partial charge is 0.494 e. The molecule has 0 spiro atoms. The summed E-state index contributed by atoms with van der Waals surface area (Å²) in [5.41, 5.74) is 1.13. The van der Waals surface area contributed by atoms with Crippen LogP contribution in [0.25, 0.3) is 0 Å². The van der Waals surface area contributed by atoms with Crippen molar-refractivity contribution in [3.8, 4) is 5.75 Å². The smallest absolute Gasteiger partial charge is 0.238 e. The number of anilines is 1. The van der Waals surface area contributed by atoms with Gasteiger partial charge in [0.05, 0.1) is 12.3 Å². The van der Waals surface area contributed by atoms with Gasteiger partial charge in [0.1, 0.15) is 16.8 Å². The molecule has 28 heavy (non-hydrogen) atoms. The van der Waals surface area contributed by atoms with E-state index in [0.29, 0.717) is 23.1 Å². The molecule has 1 heterocycles. The Kier molecular flexibility index (Phi) is 6.30. The third kappa shape index (κ3) is 4.89. The molecule has 0 aromatic heterocycles. The van der Waals surface area contributed by atoms with Crippen molar-refractivity contribution in [2.24, 2.45) is 4.99 Å². The maximum atomic E-state index is 13.0. The highest BCUT2D eigenvalue weighted by atomic mass is 32.2. The van der Waals surface area contributed by atoms with Gasteiger partial charge < -0.3 is 10.1 Å². The standard InChI is InChI=1S/C20H20FN3O3S/c1-3-27-16-10-8-15(9-11-16)23-20-24(2)18(25)12-17(28-20)19(26)22-14-6-4-13(21)5-7-14/h4-11,17H,3,12H2,1-2H3,(H,22,26). The normalized spacial score (nSPS) is 18.2. The lowest BCUT2D eigenvalue weighted by molar-refractivity contribution is -0.128. The molecule has 6 nitrogen and oxygen atoms in total. The zero-order valence-corrected chi connectivity index (χ0v) is 16.3. The molecule has 0 aliphatic carbocycles. The predicted molar refractivity (Wildman–Crippen MR) is 109 cm³/mol. The fourth-order valence-electron chi connectivity index (χ4n) is 2.55. The van der Waals surface area contributed by atoms with E-state index in [0.717, 1.165) is 5.75 Å². The van der Waals surface area contributed by atoms with Gasteiger partial charge in [-0.1, -0.05) is 11.8 Å². The van der Waals surface area contributed by atoms with Gasteiger partial charge in [-0.3, -0.25) is 14.5 Å². The van der Waals surface area contributed by atoms with Crippen LogP contribution >= 0.6 is 11.8 Å². The SMILES string of the molecule is CCOc1ccc(N=C2SC(C(=O)Nc3ccc(F)cc3)CC(=O)N2C)cc1. The van der Waals surface area contributed by atoms with Gasteiger partial charge in [-0.15, -0.1) is 0 Å². The van der Waals surface area contributed by atoms with Gasteiger partial charge >= 0.3 is 0 Å². The molecule has 8 heteroatoms. The number of thioether (sulfide) groups is 1. The zero-order chi connectivity index (χ0) is 20.1. The molecule has 146 valence electrons. The molecule has 0 saturated carbocycles. The third-order valence-electron chi connectivity index (χ3n) is 4.05. The van der Waals surface area contributed by atoms with Crippen molar-refractivity contribution in [3.63, 3.8) is 0 Å². The quantitative estimate of drug-likeness (QED) is 0.827. The van der Waals surface area contributed by atoms with Crippen LogP contribution in [-0.2, 0) is 9.59 Å². The van der Waals surface area contributed by atoms with Crippen molar-refractivity contribution < 1.29 is 18.7 Å². The van der Waals surface area contributed by atoms with Gasteiger partial charge in [0, 0.05) is 19.2 Å². The molecule has 1 aliphatic rings. The molecule has 1 fully saturated rings. The van der Waals surface area contributed by atoms with Crippen LogP contribution in [0.3, 0.4) is 0 Å². The highest BCUT2D eigenvalue weighted by Gasteiger charge is 2.34. The lowest BCUT2D eigenvalue weighted by Crippen LogP contribution is -2.43. The van der Waals surface area contributed by atoms with Crippen molar-refractivity contribution in [3.05, 3.63) is 54.3 Å². The number of amides is 2. The Morgan fingerprint density at radius 3 is 2.57 bits per heavy atom. The first-order chi connectivity index (χ1) is 13.5. The fraction of sp³-hybridized carbons (Fsp3) is 0.250. The number of nitrogens with one attached hydrogen (secondary N) is 1. The van der Waals surface area contributed by atoms with Gasteiger partial charge in [0.25, 0.3) is 0 Å². The number of aliphatic imine (C=N–C) groups is 1. The Morgan fingerprint density at radius 2 is 1.93 bits per heavy atom. The summed E-state index contributed by atoms with van der Waals surface area (Å²) in [6.45, 7) is 2.48. The summed E-state index contributed by atoms with van der Waals surface area (Å²) < 4.78 is 18.4. The average molecular weight is 401 g/mol. The molecule has 0 bridgehead atoms. The van der Waals surface area contributed by atoms with Crippen LogP contribution in [0.4, 0.5) is 15.8 Å². The van der Waals surface area contributed by atoms with Crippen molar-refractivity contribution in [2.45, 2.75) is 18.6 Å². The number of hydrogen-bond donors (Lipinski definition) is 1. The summed E-state index contributed by atoms with van der Waals surface area (Å²) in [4.78, 5) is 30.8. The van der Waals surface area contributed by atoms with Gasteiger partial charge in [-0.2, -0.15) is 0 Å². The predicted octanol–water partition coefficient (Wildman–Crippen LogP) is 3.81. The van der Waals surface area contributed by atoms with E-state index in [9.17, 15) is 14.0 Å². The molecule has 1 saturated heterocycles. The molecular weight excluding hydrogens is 381 g/mol. The number of carbonyl (C=O) groups excluding carboxylic acids is 2. The van der Waals surface area contributed by atoms with Crippen LogP contribution < -0.4 is 10.1 Å². The fourth-order valence-corrected chi connectivity index (χ4v) is 3.61. The molecule has 1 N–H and O–H groups in total. The molecule has 1 aliphatic heterocycles. The van der Waals surface area contributed by atoms with E-state index in [1.54, 1.807) is 31.3 Å².